The van der Waals surface area contributed by atoms with Crippen LogP contribution >= 0.6 is 11.6 Å². The number of benzene rings is 2. The van der Waals surface area contributed by atoms with E-state index in [-0.39, 0.29) is 5.75 Å². The summed E-state index contributed by atoms with van der Waals surface area (Å²) >= 11 is 5.76. The molecule has 2 rings (SSSR count). The molecule has 2 nitrogen and oxygen atoms in total. The van der Waals surface area contributed by atoms with Crippen LogP contribution in [0, 0.1) is 5.82 Å². The standard InChI is InChI=1S/C13H11ClFNOS/c14-10-2-5-12(6-3-10)18(17)8-9-1-4-11(15)7-13(9)16/h1-7H,8,16H2. The highest BCUT2D eigenvalue weighted by Gasteiger charge is 2.08. The van der Waals surface area contributed by atoms with Crippen molar-refractivity contribution < 1.29 is 8.60 Å². The van der Waals surface area contributed by atoms with Crippen LogP contribution in [0.2, 0.25) is 5.02 Å². The summed E-state index contributed by atoms with van der Waals surface area (Å²) in [4.78, 5) is 0.670. The number of nitrogen functional groups attached to an aromatic ring is 1. The van der Waals surface area contributed by atoms with Crippen LogP contribution in [0.15, 0.2) is 47.4 Å². The Hall–Kier alpha value is -1.39. The van der Waals surface area contributed by atoms with Crippen LogP contribution in [-0.4, -0.2) is 4.21 Å². The van der Waals surface area contributed by atoms with E-state index in [4.69, 9.17) is 17.3 Å². The van der Waals surface area contributed by atoms with E-state index in [1.807, 2.05) is 0 Å². The van der Waals surface area contributed by atoms with Gasteiger partial charge in [0.1, 0.15) is 5.82 Å². The lowest BCUT2D eigenvalue weighted by Crippen LogP contribution is -2.01. The molecule has 0 saturated heterocycles. The Labute approximate surface area is 112 Å². The van der Waals surface area contributed by atoms with Crippen LogP contribution in [0.5, 0.6) is 0 Å². The van der Waals surface area contributed by atoms with E-state index < -0.39 is 16.6 Å². The highest BCUT2D eigenvalue weighted by molar-refractivity contribution is 7.84. The molecule has 0 fully saturated rings. The predicted octanol–water partition coefficient (Wildman–Crippen LogP) is 3.37. The molecule has 0 amide bonds. The molecule has 18 heavy (non-hydrogen) atoms. The lowest BCUT2D eigenvalue weighted by molar-refractivity contribution is 0.628. The third-order valence-electron chi connectivity index (χ3n) is 2.47. The molecule has 5 heteroatoms. The monoisotopic (exact) mass is 283 g/mol. The fourth-order valence-electron chi connectivity index (χ4n) is 1.51. The normalized spacial score (nSPS) is 12.3. The Balaban J connectivity index is 2.18. The summed E-state index contributed by atoms with van der Waals surface area (Å²) in [6.45, 7) is 0. The second kappa shape index (κ2) is 5.50. The van der Waals surface area contributed by atoms with Crippen LogP contribution in [0.25, 0.3) is 0 Å². The topological polar surface area (TPSA) is 43.1 Å². The first kappa shape index (κ1) is 13.1. The maximum Gasteiger partial charge on any atom is 0.125 e. The zero-order chi connectivity index (χ0) is 13.1. The molecular weight excluding hydrogens is 273 g/mol. The summed E-state index contributed by atoms with van der Waals surface area (Å²) in [5, 5.41) is 0.594. The number of halogens is 2. The fraction of sp³-hybridized carbons (Fsp3) is 0.0769. The van der Waals surface area contributed by atoms with Crippen molar-refractivity contribution in [2.24, 2.45) is 0 Å². The van der Waals surface area contributed by atoms with Gasteiger partial charge in [-0.1, -0.05) is 17.7 Å². The zero-order valence-corrected chi connectivity index (χ0v) is 11.0. The molecule has 1 atom stereocenters. The summed E-state index contributed by atoms with van der Waals surface area (Å²) in [5.74, 6) is -0.137. The summed E-state index contributed by atoms with van der Waals surface area (Å²) in [7, 11) is -1.22. The van der Waals surface area contributed by atoms with Gasteiger partial charge in [0.25, 0.3) is 0 Å². The van der Waals surface area contributed by atoms with Gasteiger partial charge in [-0.2, -0.15) is 0 Å². The van der Waals surface area contributed by atoms with Crippen LogP contribution in [0.1, 0.15) is 5.56 Å². The molecule has 0 radical (unpaired) electrons. The molecule has 2 aromatic rings. The number of hydrogen-bond acceptors (Lipinski definition) is 2. The summed E-state index contributed by atoms with van der Waals surface area (Å²) in [6.07, 6.45) is 0. The zero-order valence-electron chi connectivity index (χ0n) is 9.40. The van der Waals surface area contributed by atoms with E-state index in [9.17, 15) is 8.60 Å². The molecule has 0 aliphatic heterocycles. The van der Waals surface area contributed by atoms with Gasteiger partial charge in [-0.15, -0.1) is 0 Å². The van der Waals surface area contributed by atoms with Crippen molar-refractivity contribution in [1.29, 1.82) is 0 Å². The first-order chi connectivity index (χ1) is 8.56. The quantitative estimate of drug-likeness (QED) is 0.878. The predicted molar refractivity (Wildman–Crippen MR) is 72.4 cm³/mol. The highest BCUT2D eigenvalue weighted by atomic mass is 35.5. The van der Waals surface area contributed by atoms with Crippen LogP contribution < -0.4 is 5.73 Å². The lowest BCUT2D eigenvalue weighted by Gasteiger charge is -2.06. The SMILES string of the molecule is Nc1cc(F)ccc1CS(=O)c1ccc(Cl)cc1. The maximum atomic E-state index is 12.9. The molecule has 2 N–H and O–H groups in total. The molecule has 1 unspecified atom stereocenters. The number of nitrogens with two attached hydrogens (primary N) is 1. The van der Waals surface area contributed by atoms with Crippen molar-refractivity contribution in [2.45, 2.75) is 10.6 Å². The average molecular weight is 284 g/mol. The largest absolute Gasteiger partial charge is 0.398 e. The van der Waals surface area contributed by atoms with E-state index in [0.29, 0.717) is 21.2 Å². The van der Waals surface area contributed by atoms with E-state index in [2.05, 4.69) is 0 Å². The third kappa shape index (κ3) is 3.09. The van der Waals surface area contributed by atoms with Crippen molar-refractivity contribution in [2.75, 3.05) is 5.73 Å². The number of anilines is 1. The molecular formula is C13H11ClFNOS. The van der Waals surface area contributed by atoms with Crippen molar-refractivity contribution in [3.8, 4) is 0 Å². The second-order valence-electron chi connectivity index (χ2n) is 3.79. The molecule has 0 aliphatic carbocycles. The minimum Gasteiger partial charge on any atom is -0.398 e. The molecule has 2 aromatic carbocycles. The Bertz CT molecular complexity index is 586. The molecule has 0 aromatic heterocycles. The minimum absolute atomic E-state index is 0.258. The molecule has 0 bridgehead atoms. The van der Waals surface area contributed by atoms with Crippen LogP contribution in [0.3, 0.4) is 0 Å². The van der Waals surface area contributed by atoms with E-state index in [1.54, 1.807) is 30.3 Å². The van der Waals surface area contributed by atoms with Crippen LogP contribution in [-0.2, 0) is 16.6 Å². The molecule has 94 valence electrons. The van der Waals surface area contributed by atoms with Crippen molar-refractivity contribution in [3.05, 3.63) is 58.9 Å². The summed E-state index contributed by atoms with van der Waals surface area (Å²) in [6, 6.07) is 10.9. The van der Waals surface area contributed by atoms with E-state index >= 15 is 0 Å². The van der Waals surface area contributed by atoms with E-state index in [0.717, 1.165) is 0 Å². The number of hydrogen-bond donors (Lipinski definition) is 1. The van der Waals surface area contributed by atoms with Crippen molar-refractivity contribution >= 4 is 28.1 Å². The van der Waals surface area contributed by atoms with Gasteiger partial charge in [0, 0.05) is 15.6 Å². The second-order valence-corrected chi connectivity index (χ2v) is 5.67. The molecule has 0 heterocycles. The highest BCUT2D eigenvalue weighted by Crippen LogP contribution is 2.19. The summed E-state index contributed by atoms with van der Waals surface area (Å²) < 4.78 is 25.0. The van der Waals surface area contributed by atoms with Gasteiger partial charge < -0.3 is 5.73 Å². The molecule has 0 aliphatic rings. The van der Waals surface area contributed by atoms with Crippen LogP contribution in [0.4, 0.5) is 10.1 Å². The lowest BCUT2D eigenvalue weighted by atomic mass is 10.2. The first-order valence-corrected chi connectivity index (χ1v) is 6.94. The number of rotatable bonds is 3. The van der Waals surface area contributed by atoms with Crippen molar-refractivity contribution in [1.82, 2.24) is 0 Å². The van der Waals surface area contributed by atoms with Gasteiger partial charge in [0.05, 0.1) is 16.6 Å². The maximum absolute atomic E-state index is 12.9. The molecule has 0 saturated carbocycles. The summed E-state index contributed by atoms with van der Waals surface area (Å²) in [5.41, 5.74) is 6.66. The van der Waals surface area contributed by atoms with Gasteiger partial charge >= 0.3 is 0 Å². The van der Waals surface area contributed by atoms with Gasteiger partial charge in [-0.25, -0.2) is 4.39 Å². The van der Waals surface area contributed by atoms with Gasteiger partial charge in [0.15, 0.2) is 0 Å². The van der Waals surface area contributed by atoms with Gasteiger partial charge in [0.2, 0.25) is 0 Å². The smallest absolute Gasteiger partial charge is 0.125 e. The minimum atomic E-state index is -1.22. The average Bonchev–Trinajstić information content (AvgIpc) is 2.33. The first-order valence-electron chi connectivity index (χ1n) is 5.24. The fourth-order valence-corrected chi connectivity index (χ4v) is 2.79. The van der Waals surface area contributed by atoms with Gasteiger partial charge in [-0.05, 0) is 42.0 Å². The third-order valence-corrected chi connectivity index (χ3v) is 4.09. The van der Waals surface area contributed by atoms with Crippen molar-refractivity contribution in [3.63, 3.8) is 0 Å². The Morgan fingerprint density at radius 1 is 1.17 bits per heavy atom. The van der Waals surface area contributed by atoms with Gasteiger partial charge in [-0.3, -0.25) is 4.21 Å². The molecule has 0 spiro atoms. The van der Waals surface area contributed by atoms with E-state index in [1.165, 1.54) is 12.1 Å². The Morgan fingerprint density at radius 3 is 2.44 bits per heavy atom. The Kier molecular flexibility index (Phi) is 3.99. The Morgan fingerprint density at radius 2 is 1.83 bits per heavy atom.